The summed E-state index contributed by atoms with van der Waals surface area (Å²) in [5.41, 5.74) is 1.80. The van der Waals surface area contributed by atoms with Gasteiger partial charge in [-0.1, -0.05) is 57.9 Å². The van der Waals surface area contributed by atoms with Crippen LogP contribution in [0.3, 0.4) is 0 Å². The first kappa shape index (κ1) is 46.5. The maximum atomic E-state index is 14.1. The van der Waals surface area contributed by atoms with Gasteiger partial charge in [0, 0.05) is 31.4 Å². The maximum absolute atomic E-state index is 14.1. The molecule has 304 valence electrons. The van der Waals surface area contributed by atoms with Gasteiger partial charge < -0.3 is 31.1 Å². The minimum atomic E-state index is -5.08. The first-order valence-electron chi connectivity index (χ1n) is 17.5. The lowest BCUT2D eigenvalue weighted by molar-refractivity contribution is -0.192. The maximum Gasteiger partial charge on any atom is 0.490 e. The molecule has 2 amide bonds. The van der Waals surface area contributed by atoms with Gasteiger partial charge in [0.05, 0.1) is 28.7 Å². The van der Waals surface area contributed by atoms with Gasteiger partial charge in [0.25, 0.3) is 5.91 Å². The van der Waals surface area contributed by atoms with Crippen LogP contribution in [0.2, 0.25) is 0 Å². The third-order valence-electron chi connectivity index (χ3n) is 8.29. The largest absolute Gasteiger partial charge is 0.490 e. The zero-order valence-electron chi connectivity index (χ0n) is 30.6. The van der Waals surface area contributed by atoms with Crippen LogP contribution in [0.15, 0.2) is 65.6 Å². The third kappa shape index (κ3) is 16.3. The number of carbonyl (C=O) groups excluding carboxylic acids is 2. The summed E-state index contributed by atoms with van der Waals surface area (Å²) in [7, 11) is -3.91. The number of aliphatic hydroxyl groups excluding tert-OH is 1. The molecule has 3 aromatic rings. The van der Waals surface area contributed by atoms with Crippen molar-refractivity contribution in [1.29, 1.82) is 0 Å². The third-order valence-corrected chi connectivity index (χ3v) is 10.6. The van der Waals surface area contributed by atoms with Crippen molar-refractivity contribution in [3.8, 4) is 0 Å². The molecule has 18 heteroatoms. The number of alkyl halides is 3. The van der Waals surface area contributed by atoms with Crippen molar-refractivity contribution in [2.24, 2.45) is 0 Å². The number of benzene rings is 2. The summed E-state index contributed by atoms with van der Waals surface area (Å²) in [5.74, 6) is -6.86. The Morgan fingerprint density at radius 3 is 2.00 bits per heavy atom. The number of H-pyrrole nitrogens is 1. The van der Waals surface area contributed by atoms with E-state index in [2.05, 4.69) is 20.9 Å². The quantitative estimate of drug-likeness (QED) is 0.0964. The molecule has 1 unspecified atom stereocenters. The van der Waals surface area contributed by atoms with E-state index in [1.54, 1.807) is 0 Å². The second kappa shape index (κ2) is 22.0. The van der Waals surface area contributed by atoms with Crippen molar-refractivity contribution in [2.75, 3.05) is 12.3 Å². The zero-order chi connectivity index (χ0) is 41.3. The summed E-state index contributed by atoms with van der Waals surface area (Å²) in [5, 5.41) is 25.9. The molecule has 0 saturated carbocycles. The van der Waals surface area contributed by atoms with Gasteiger partial charge in [-0.3, -0.25) is 14.4 Å². The molecule has 0 saturated heterocycles. The van der Waals surface area contributed by atoms with Crippen LogP contribution < -0.4 is 21.5 Å². The van der Waals surface area contributed by atoms with Crippen molar-refractivity contribution in [3.63, 3.8) is 0 Å². The van der Waals surface area contributed by atoms with Crippen LogP contribution in [0.5, 0.6) is 0 Å². The molecular weight excluding hydrogens is 755 g/mol. The lowest BCUT2D eigenvalue weighted by Gasteiger charge is -2.28. The van der Waals surface area contributed by atoms with Crippen LogP contribution in [0.4, 0.5) is 22.0 Å². The fourth-order valence-corrected chi connectivity index (χ4v) is 7.67. The molecule has 0 aliphatic rings. The SMILES string of the molecule is CCCC(CCC)S(=O)(=O)CC(NC(=O)c1ccc(=O)[nH]c1)C(=O)N[C@@H](Cc1cc(F)cc(F)c1)[C@H](O)CNCc1cccc(CC)c1.O=C(O)C(F)(F)F. The highest BCUT2D eigenvalue weighted by Gasteiger charge is 2.38. The average molecular weight is 803 g/mol. The summed E-state index contributed by atoms with van der Waals surface area (Å²) in [6.07, 6.45) is -2.63. The number of carboxylic acids is 1. The average Bonchev–Trinajstić information content (AvgIpc) is 3.10. The van der Waals surface area contributed by atoms with Crippen LogP contribution in [0.25, 0.3) is 0 Å². The Kier molecular flexibility index (Phi) is 18.6. The molecule has 0 radical (unpaired) electrons. The number of carbonyl (C=O) groups is 3. The Labute approximate surface area is 315 Å². The highest BCUT2D eigenvalue weighted by atomic mass is 32.2. The highest BCUT2D eigenvalue weighted by Crippen LogP contribution is 2.18. The van der Waals surface area contributed by atoms with Gasteiger partial charge in [0.1, 0.15) is 17.7 Å². The van der Waals surface area contributed by atoms with E-state index < -0.39 is 80.2 Å². The number of aromatic amines is 1. The number of sulfone groups is 1. The summed E-state index contributed by atoms with van der Waals surface area (Å²) < 4.78 is 87.1. The molecule has 0 aliphatic heterocycles. The molecule has 0 spiro atoms. The van der Waals surface area contributed by atoms with Gasteiger partial charge in [-0.05, 0) is 60.6 Å². The van der Waals surface area contributed by atoms with Gasteiger partial charge in [0.15, 0.2) is 9.84 Å². The van der Waals surface area contributed by atoms with E-state index in [0.717, 1.165) is 41.9 Å². The Morgan fingerprint density at radius 1 is 0.873 bits per heavy atom. The molecule has 6 N–H and O–H groups in total. The number of halogens is 5. The number of pyridine rings is 1. The molecule has 2 aromatic carbocycles. The lowest BCUT2D eigenvalue weighted by Crippen LogP contribution is -2.57. The molecule has 3 atom stereocenters. The van der Waals surface area contributed by atoms with E-state index in [9.17, 15) is 49.9 Å². The Bertz CT molecular complexity index is 1840. The number of hydrogen-bond acceptors (Lipinski definition) is 8. The predicted octanol–water partition coefficient (Wildman–Crippen LogP) is 4.21. The van der Waals surface area contributed by atoms with E-state index in [4.69, 9.17) is 9.90 Å². The molecular formula is C37H47F5N4O8S. The van der Waals surface area contributed by atoms with Crippen LogP contribution >= 0.6 is 0 Å². The molecule has 1 heterocycles. The molecule has 0 aliphatic carbocycles. The summed E-state index contributed by atoms with van der Waals surface area (Å²) in [6.45, 7) is 6.12. The number of amides is 2. The topological polar surface area (TPSA) is 195 Å². The highest BCUT2D eigenvalue weighted by molar-refractivity contribution is 7.92. The van der Waals surface area contributed by atoms with E-state index in [1.165, 1.54) is 6.07 Å². The van der Waals surface area contributed by atoms with Crippen LogP contribution in [-0.2, 0) is 38.8 Å². The molecule has 0 bridgehead atoms. The fraction of sp³-hybridized carbons (Fsp3) is 0.459. The first-order valence-corrected chi connectivity index (χ1v) is 19.2. The van der Waals surface area contributed by atoms with Gasteiger partial charge >= 0.3 is 12.1 Å². The van der Waals surface area contributed by atoms with Crippen molar-refractivity contribution < 1.29 is 55.0 Å². The van der Waals surface area contributed by atoms with Gasteiger partial charge in [-0.15, -0.1) is 0 Å². The normalized spacial score (nSPS) is 13.3. The van der Waals surface area contributed by atoms with Gasteiger partial charge in [-0.25, -0.2) is 22.0 Å². The van der Waals surface area contributed by atoms with E-state index in [0.29, 0.717) is 38.3 Å². The fourth-order valence-electron chi connectivity index (χ4n) is 5.51. The van der Waals surface area contributed by atoms with Crippen molar-refractivity contribution >= 4 is 27.6 Å². The number of aliphatic carboxylic acids is 1. The smallest absolute Gasteiger partial charge is 0.475 e. The Balaban J connectivity index is 0.00000136. The van der Waals surface area contributed by atoms with Crippen molar-refractivity contribution in [1.82, 2.24) is 20.9 Å². The molecule has 12 nitrogen and oxygen atoms in total. The predicted molar refractivity (Wildman–Crippen MR) is 195 cm³/mol. The van der Waals surface area contributed by atoms with Crippen molar-refractivity contribution in [3.05, 3.63) is 105 Å². The molecule has 3 rings (SSSR count). The number of aliphatic hydroxyl groups is 1. The lowest BCUT2D eigenvalue weighted by atomic mass is 10.00. The summed E-state index contributed by atoms with van der Waals surface area (Å²) >= 11 is 0. The second-order valence-corrected chi connectivity index (χ2v) is 15.1. The minimum Gasteiger partial charge on any atom is -0.475 e. The molecule has 1 aromatic heterocycles. The second-order valence-electron chi connectivity index (χ2n) is 12.8. The standard InChI is InChI=1S/C35H46F2N4O6S.C2HF3O2/c1-4-8-29(9-5-2)48(46,47)22-31(41-34(44)26-12-13-33(43)39-20-26)35(45)40-30(17-25-15-27(36)18-28(37)16-25)32(42)21-38-19-24-11-7-10-23(6-3)14-24;3-2(4,5)1(6)7/h7,10-16,18,20,29-32,38,42H,4-6,8-9,17,19,21-22H2,1-3H3,(H,39,43)(H,40,45)(H,41,44);(H,6,7)/t30-,31?,32+;/m0./s1. The van der Waals surface area contributed by atoms with Crippen LogP contribution in [0.1, 0.15) is 73.5 Å². The Morgan fingerprint density at radius 2 is 1.47 bits per heavy atom. The summed E-state index contributed by atoms with van der Waals surface area (Å²) in [4.78, 5) is 49.8. The monoisotopic (exact) mass is 802 g/mol. The van der Waals surface area contributed by atoms with Gasteiger partial charge in [0.2, 0.25) is 11.5 Å². The molecule has 0 fully saturated rings. The molecule has 55 heavy (non-hydrogen) atoms. The van der Waals surface area contributed by atoms with E-state index in [1.807, 2.05) is 45.0 Å². The number of rotatable bonds is 19. The van der Waals surface area contributed by atoms with Crippen molar-refractivity contribution in [2.45, 2.75) is 95.5 Å². The summed E-state index contributed by atoms with van der Waals surface area (Å²) in [6, 6.07) is 10.4. The van der Waals surface area contributed by atoms with E-state index >= 15 is 0 Å². The van der Waals surface area contributed by atoms with Crippen LogP contribution in [0, 0.1) is 11.6 Å². The number of aryl methyl sites for hydroxylation is 1. The number of nitrogens with one attached hydrogen (secondary N) is 4. The Hall–Kier alpha value is -4.68. The zero-order valence-corrected chi connectivity index (χ0v) is 31.4. The first-order chi connectivity index (χ1) is 25.8. The number of hydrogen-bond donors (Lipinski definition) is 6. The number of aromatic nitrogens is 1. The van der Waals surface area contributed by atoms with Crippen LogP contribution in [-0.4, -0.2) is 83.3 Å². The van der Waals surface area contributed by atoms with Gasteiger partial charge in [-0.2, -0.15) is 13.2 Å². The minimum absolute atomic E-state index is 0.00775. The number of carboxylic acid groups (broad SMARTS) is 1. The van der Waals surface area contributed by atoms with E-state index in [-0.39, 0.29) is 24.1 Å².